The molecule has 15 heavy (non-hydrogen) atoms. The molecule has 0 amide bonds. The minimum Gasteiger partial charge on any atom is -0.0827 e. The van der Waals surface area contributed by atoms with E-state index in [-0.39, 0.29) is 0 Å². The highest BCUT2D eigenvalue weighted by atomic mass is 35.5. The second kappa shape index (κ2) is 4.76. The minimum absolute atomic E-state index is 0.339. The molecule has 0 N–H and O–H groups in total. The molecule has 0 fully saturated rings. The summed E-state index contributed by atoms with van der Waals surface area (Å²) in [7, 11) is 0. The van der Waals surface area contributed by atoms with Crippen LogP contribution in [0.1, 0.15) is 45.6 Å². The lowest BCUT2D eigenvalue weighted by Crippen LogP contribution is -2.09. The van der Waals surface area contributed by atoms with Gasteiger partial charge >= 0.3 is 0 Å². The first-order valence-corrected chi connectivity index (χ1v) is 6.00. The van der Waals surface area contributed by atoms with Crippen molar-refractivity contribution in [1.82, 2.24) is 0 Å². The topological polar surface area (TPSA) is 0 Å². The van der Waals surface area contributed by atoms with Crippen LogP contribution in [-0.4, -0.2) is 0 Å². The van der Waals surface area contributed by atoms with Gasteiger partial charge in [0.2, 0.25) is 0 Å². The van der Waals surface area contributed by atoms with E-state index < -0.39 is 0 Å². The van der Waals surface area contributed by atoms with Crippen molar-refractivity contribution in [3.05, 3.63) is 33.8 Å². The highest BCUT2D eigenvalue weighted by molar-refractivity contribution is 6.42. The van der Waals surface area contributed by atoms with E-state index in [1.54, 1.807) is 0 Å². The van der Waals surface area contributed by atoms with E-state index in [9.17, 15) is 0 Å². The fourth-order valence-corrected chi connectivity index (χ4v) is 2.16. The summed E-state index contributed by atoms with van der Waals surface area (Å²) < 4.78 is 0. The zero-order chi connectivity index (χ0) is 11.6. The van der Waals surface area contributed by atoms with E-state index in [1.807, 2.05) is 12.1 Å². The van der Waals surface area contributed by atoms with Gasteiger partial charge in [0.15, 0.2) is 0 Å². The van der Waals surface area contributed by atoms with Crippen LogP contribution in [0.4, 0.5) is 0 Å². The van der Waals surface area contributed by atoms with Crippen molar-refractivity contribution in [3.8, 4) is 0 Å². The molecule has 0 aliphatic carbocycles. The van der Waals surface area contributed by atoms with Crippen LogP contribution in [0.2, 0.25) is 10.0 Å². The van der Waals surface area contributed by atoms with Crippen LogP contribution in [0.15, 0.2) is 18.2 Å². The van der Waals surface area contributed by atoms with Crippen molar-refractivity contribution in [2.75, 3.05) is 0 Å². The first-order chi connectivity index (χ1) is 6.79. The summed E-state index contributed by atoms with van der Waals surface area (Å²) >= 11 is 11.9. The van der Waals surface area contributed by atoms with E-state index >= 15 is 0 Å². The molecule has 0 nitrogen and oxygen atoms in total. The highest BCUT2D eigenvalue weighted by Crippen LogP contribution is 2.33. The molecule has 1 aromatic rings. The Labute approximate surface area is 103 Å². The van der Waals surface area contributed by atoms with Gasteiger partial charge in [0.25, 0.3) is 0 Å². The first-order valence-electron chi connectivity index (χ1n) is 5.24. The zero-order valence-electron chi connectivity index (χ0n) is 9.77. The third kappa shape index (κ3) is 4.04. The van der Waals surface area contributed by atoms with Crippen LogP contribution >= 0.6 is 23.2 Å². The van der Waals surface area contributed by atoms with Crippen molar-refractivity contribution >= 4 is 23.2 Å². The van der Waals surface area contributed by atoms with Crippen LogP contribution in [0.25, 0.3) is 0 Å². The van der Waals surface area contributed by atoms with Gasteiger partial charge in [-0.1, -0.05) is 57.0 Å². The van der Waals surface area contributed by atoms with E-state index in [1.165, 1.54) is 5.56 Å². The SMILES string of the molecule is CC(CC(C)(C)C)c1ccc(Cl)c(Cl)c1. The summed E-state index contributed by atoms with van der Waals surface area (Å²) in [5, 5.41) is 1.28. The molecule has 1 aromatic carbocycles. The van der Waals surface area contributed by atoms with Crippen LogP contribution in [0, 0.1) is 5.41 Å². The monoisotopic (exact) mass is 244 g/mol. The summed E-state index contributed by atoms with van der Waals surface area (Å²) in [5.74, 6) is 0.514. The van der Waals surface area contributed by atoms with Gasteiger partial charge < -0.3 is 0 Å². The Morgan fingerprint density at radius 3 is 2.20 bits per heavy atom. The number of halogens is 2. The third-order valence-corrected chi connectivity index (χ3v) is 3.17. The van der Waals surface area contributed by atoms with Gasteiger partial charge in [-0.25, -0.2) is 0 Å². The van der Waals surface area contributed by atoms with Crippen LogP contribution < -0.4 is 0 Å². The molecule has 1 atom stereocenters. The molecule has 1 rings (SSSR count). The van der Waals surface area contributed by atoms with Crippen molar-refractivity contribution < 1.29 is 0 Å². The maximum Gasteiger partial charge on any atom is 0.0595 e. The fraction of sp³-hybridized carbons (Fsp3) is 0.538. The molecule has 0 heterocycles. The molecule has 0 aliphatic rings. The average molecular weight is 245 g/mol. The van der Waals surface area contributed by atoms with Crippen LogP contribution in [0.5, 0.6) is 0 Å². The van der Waals surface area contributed by atoms with Gasteiger partial charge in [-0.05, 0) is 35.4 Å². The van der Waals surface area contributed by atoms with Gasteiger partial charge in [0.1, 0.15) is 0 Å². The van der Waals surface area contributed by atoms with Gasteiger partial charge in [0, 0.05) is 0 Å². The minimum atomic E-state index is 0.339. The molecular weight excluding hydrogens is 227 g/mol. The van der Waals surface area contributed by atoms with E-state index in [2.05, 4.69) is 33.8 Å². The molecule has 0 aromatic heterocycles. The lowest BCUT2D eigenvalue weighted by Gasteiger charge is -2.23. The number of hydrogen-bond acceptors (Lipinski definition) is 0. The number of hydrogen-bond donors (Lipinski definition) is 0. The maximum atomic E-state index is 6.00. The van der Waals surface area contributed by atoms with Gasteiger partial charge in [0.05, 0.1) is 10.0 Å². The van der Waals surface area contributed by atoms with Crippen molar-refractivity contribution in [1.29, 1.82) is 0 Å². The second-order valence-corrected chi connectivity index (χ2v) is 6.15. The van der Waals surface area contributed by atoms with Gasteiger partial charge in [-0.2, -0.15) is 0 Å². The van der Waals surface area contributed by atoms with Crippen molar-refractivity contribution in [3.63, 3.8) is 0 Å². The Hall–Kier alpha value is -0.200. The summed E-state index contributed by atoms with van der Waals surface area (Å²) in [6.07, 6.45) is 1.14. The zero-order valence-corrected chi connectivity index (χ0v) is 11.3. The Kier molecular flexibility index (Phi) is 4.08. The smallest absolute Gasteiger partial charge is 0.0595 e. The van der Waals surface area contributed by atoms with Crippen molar-refractivity contribution in [2.45, 2.75) is 40.0 Å². The largest absolute Gasteiger partial charge is 0.0827 e. The summed E-state index contributed by atoms with van der Waals surface area (Å²) in [6, 6.07) is 5.91. The van der Waals surface area contributed by atoms with Crippen LogP contribution in [0.3, 0.4) is 0 Å². The Bertz CT molecular complexity index is 337. The van der Waals surface area contributed by atoms with E-state index in [0.717, 1.165) is 6.42 Å². The molecule has 0 spiro atoms. The molecule has 0 aliphatic heterocycles. The highest BCUT2D eigenvalue weighted by Gasteiger charge is 2.17. The molecule has 0 saturated carbocycles. The lowest BCUT2D eigenvalue weighted by molar-refractivity contribution is 0.349. The summed E-state index contributed by atoms with van der Waals surface area (Å²) in [5.41, 5.74) is 1.60. The Morgan fingerprint density at radius 2 is 1.73 bits per heavy atom. The number of rotatable bonds is 2. The lowest BCUT2D eigenvalue weighted by atomic mass is 9.82. The summed E-state index contributed by atoms with van der Waals surface area (Å²) in [6.45, 7) is 8.98. The molecule has 84 valence electrons. The maximum absolute atomic E-state index is 6.00. The normalized spacial score (nSPS) is 14.0. The molecule has 1 unspecified atom stereocenters. The Morgan fingerprint density at radius 1 is 1.13 bits per heavy atom. The molecular formula is C13H18Cl2. The predicted octanol–water partition coefficient (Wildman–Crippen LogP) is 5.53. The van der Waals surface area contributed by atoms with E-state index in [0.29, 0.717) is 21.4 Å². The average Bonchev–Trinajstić information content (AvgIpc) is 2.06. The van der Waals surface area contributed by atoms with E-state index in [4.69, 9.17) is 23.2 Å². The summed E-state index contributed by atoms with van der Waals surface area (Å²) in [4.78, 5) is 0. The molecule has 0 saturated heterocycles. The first kappa shape index (κ1) is 12.9. The van der Waals surface area contributed by atoms with Crippen molar-refractivity contribution in [2.24, 2.45) is 5.41 Å². The molecule has 0 bridgehead atoms. The second-order valence-electron chi connectivity index (χ2n) is 5.34. The number of benzene rings is 1. The predicted molar refractivity (Wildman–Crippen MR) is 68.9 cm³/mol. The van der Waals surface area contributed by atoms with Gasteiger partial charge in [-0.15, -0.1) is 0 Å². The fourth-order valence-electron chi connectivity index (χ4n) is 1.86. The third-order valence-electron chi connectivity index (χ3n) is 2.43. The standard InChI is InChI=1S/C13H18Cl2/c1-9(8-13(2,3)4)10-5-6-11(14)12(15)7-10/h5-7,9H,8H2,1-4H3. The van der Waals surface area contributed by atoms with Crippen LogP contribution in [-0.2, 0) is 0 Å². The molecule has 0 radical (unpaired) electrons. The molecule has 2 heteroatoms. The Balaban J connectivity index is 2.83. The van der Waals surface area contributed by atoms with Gasteiger partial charge in [-0.3, -0.25) is 0 Å². The quantitative estimate of drug-likeness (QED) is 0.642.